The molecule has 1 rings (SSSR count). The van der Waals surface area contributed by atoms with Gasteiger partial charge in [-0.3, -0.25) is 0 Å². The molecule has 1 saturated carbocycles. The standard InChI is InChI=1S/C8H18OSi/c1-8(9-7-10)5-3-2-4-6-8/h2-7H2,1,10H3. The van der Waals surface area contributed by atoms with Gasteiger partial charge in [-0.1, -0.05) is 19.3 Å². The summed E-state index contributed by atoms with van der Waals surface area (Å²) >= 11 is 0. The van der Waals surface area contributed by atoms with Crippen molar-refractivity contribution in [3.05, 3.63) is 0 Å². The van der Waals surface area contributed by atoms with Gasteiger partial charge in [-0.25, -0.2) is 0 Å². The Morgan fingerprint density at radius 1 is 1.30 bits per heavy atom. The Hall–Kier alpha value is 0.177. The Bertz CT molecular complexity index is 91.9. The lowest BCUT2D eigenvalue weighted by Gasteiger charge is -2.33. The zero-order valence-corrected chi connectivity index (χ0v) is 9.15. The van der Waals surface area contributed by atoms with Crippen LogP contribution in [-0.4, -0.2) is 22.1 Å². The third kappa shape index (κ3) is 2.10. The van der Waals surface area contributed by atoms with Gasteiger partial charge in [-0.2, -0.15) is 0 Å². The van der Waals surface area contributed by atoms with Crippen LogP contribution in [-0.2, 0) is 4.74 Å². The van der Waals surface area contributed by atoms with Crippen LogP contribution in [0.3, 0.4) is 0 Å². The molecule has 0 bridgehead atoms. The van der Waals surface area contributed by atoms with Gasteiger partial charge in [0.2, 0.25) is 0 Å². The fourth-order valence-corrected chi connectivity index (χ4v) is 2.49. The molecule has 10 heavy (non-hydrogen) atoms. The smallest absolute Gasteiger partial charge is 0.0649 e. The molecule has 0 heterocycles. The molecule has 0 spiro atoms. The number of hydrogen-bond acceptors (Lipinski definition) is 1. The average Bonchev–Trinajstić information content (AvgIpc) is 1.89. The molecule has 1 fully saturated rings. The summed E-state index contributed by atoms with van der Waals surface area (Å²) in [5.41, 5.74) is 0.264. The Kier molecular flexibility index (Phi) is 2.92. The third-order valence-corrected chi connectivity index (χ3v) is 2.69. The molecule has 0 aliphatic heterocycles. The van der Waals surface area contributed by atoms with E-state index in [1.165, 1.54) is 42.3 Å². The largest absolute Gasteiger partial charge is 0.380 e. The summed E-state index contributed by atoms with van der Waals surface area (Å²) in [5.74, 6) is 0. The van der Waals surface area contributed by atoms with E-state index < -0.39 is 0 Å². The van der Waals surface area contributed by atoms with Gasteiger partial charge in [-0.15, -0.1) is 0 Å². The molecule has 2 heteroatoms. The first kappa shape index (κ1) is 8.28. The minimum Gasteiger partial charge on any atom is -0.380 e. The number of hydrogen-bond donors (Lipinski definition) is 0. The zero-order valence-electron chi connectivity index (χ0n) is 7.15. The van der Waals surface area contributed by atoms with E-state index in [4.69, 9.17) is 4.74 Å². The Morgan fingerprint density at radius 2 is 1.90 bits per heavy atom. The van der Waals surface area contributed by atoms with E-state index in [1.807, 2.05) is 0 Å². The van der Waals surface area contributed by atoms with Crippen molar-refractivity contribution in [2.75, 3.05) is 6.23 Å². The minimum absolute atomic E-state index is 0.264. The van der Waals surface area contributed by atoms with Crippen molar-refractivity contribution in [1.82, 2.24) is 0 Å². The van der Waals surface area contributed by atoms with Gasteiger partial charge >= 0.3 is 0 Å². The second-order valence-corrected chi connectivity index (χ2v) is 4.02. The normalized spacial score (nSPS) is 24.9. The monoisotopic (exact) mass is 158 g/mol. The van der Waals surface area contributed by atoms with Crippen molar-refractivity contribution in [3.63, 3.8) is 0 Å². The molecule has 0 aromatic rings. The zero-order chi connectivity index (χ0) is 7.45. The van der Waals surface area contributed by atoms with Gasteiger partial charge in [0.15, 0.2) is 0 Å². The Morgan fingerprint density at radius 3 is 2.40 bits per heavy atom. The van der Waals surface area contributed by atoms with Crippen molar-refractivity contribution in [2.45, 2.75) is 44.6 Å². The molecule has 1 aliphatic carbocycles. The van der Waals surface area contributed by atoms with E-state index in [0.29, 0.717) is 0 Å². The van der Waals surface area contributed by atoms with Crippen LogP contribution < -0.4 is 0 Å². The van der Waals surface area contributed by atoms with E-state index >= 15 is 0 Å². The van der Waals surface area contributed by atoms with Crippen molar-refractivity contribution in [3.8, 4) is 0 Å². The maximum absolute atomic E-state index is 5.73. The summed E-state index contributed by atoms with van der Waals surface area (Å²) in [6.07, 6.45) is 7.75. The van der Waals surface area contributed by atoms with Crippen LogP contribution in [0.5, 0.6) is 0 Å². The molecule has 0 atom stereocenters. The number of rotatable bonds is 2. The van der Waals surface area contributed by atoms with E-state index in [9.17, 15) is 0 Å². The van der Waals surface area contributed by atoms with E-state index in [-0.39, 0.29) is 5.60 Å². The highest BCUT2D eigenvalue weighted by atomic mass is 28.1. The first-order valence-corrected chi connectivity index (χ1v) is 5.82. The SMILES string of the molecule is CC1(OC[SiH3])CCCCC1. The molecule has 1 nitrogen and oxygen atoms in total. The quantitative estimate of drug-likeness (QED) is 0.546. The van der Waals surface area contributed by atoms with E-state index in [1.54, 1.807) is 0 Å². The highest BCUT2D eigenvalue weighted by Crippen LogP contribution is 2.30. The lowest BCUT2D eigenvalue weighted by molar-refractivity contribution is -0.0340. The van der Waals surface area contributed by atoms with Gasteiger partial charge in [0, 0.05) is 16.5 Å². The van der Waals surface area contributed by atoms with Gasteiger partial charge in [0.1, 0.15) is 0 Å². The fourth-order valence-electron chi connectivity index (χ4n) is 1.79. The lowest BCUT2D eigenvalue weighted by Crippen LogP contribution is -2.31. The first-order valence-electron chi connectivity index (χ1n) is 4.41. The maximum Gasteiger partial charge on any atom is 0.0649 e. The molecule has 0 aromatic heterocycles. The molecular weight excluding hydrogens is 140 g/mol. The van der Waals surface area contributed by atoms with Crippen LogP contribution in [0.4, 0.5) is 0 Å². The lowest BCUT2D eigenvalue weighted by atomic mass is 9.86. The highest BCUT2D eigenvalue weighted by molar-refractivity contribution is 6.08. The van der Waals surface area contributed by atoms with Crippen LogP contribution in [0.25, 0.3) is 0 Å². The van der Waals surface area contributed by atoms with Gasteiger partial charge in [0.25, 0.3) is 0 Å². The molecule has 0 aromatic carbocycles. The topological polar surface area (TPSA) is 9.23 Å². The molecule has 0 amide bonds. The molecule has 1 aliphatic rings. The molecule has 0 N–H and O–H groups in total. The van der Waals surface area contributed by atoms with Gasteiger partial charge in [-0.05, 0) is 19.8 Å². The molecule has 60 valence electrons. The van der Waals surface area contributed by atoms with E-state index in [2.05, 4.69) is 6.92 Å². The highest BCUT2D eigenvalue weighted by Gasteiger charge is 2.26. The van der Waals surface area contributed by atoms with Crippen molar-refractivity contribution >= 4 is 10.2 Å². The van der Waals surface area contributed by atoms with Crippen LogP contribution in [0.2, 0.25) is 0 Å². The summed E-state index contributed by atoms with van der Waals surface area (Å²) in [6.45, 7) is 2.27. The molecular formula is C8H18OSi. The third-order valence-electron chi connectivity index (χ3n) is 2.40. The summed E-state index contributed by atoms with van der Waals surface area (Å²) in [5, 5.41) is 0. The summed E-state index contributed by atoms with van der Waals surface area (Å²) in [7, 11) is 1.18. The second-order valence-electron chi connectivity index (χ2n) is 3.44. The average molecular weight is 158 g/mol. The summed E-state index contributed by atoms with van der Waals surface area (Å²) < 4.78 is 5.73. The van der Waals surface area contributed by atoms with Crippen molar-refractivity contribution in [2.24, 2.45) is 0 Å². The van der Waals surface area contributed by atoms with E-state index in [0.717, 1.165) is 6.23 Å². The van der Waals surface area contributed by atoms with Crippen molar-refractivity contribution in [1.29, 1.82) is 0 Å². The van der Waals surface area contributed by atoms with Crippen LogP contribution in [0, 0.1) is 0 Å². The van der Waals surface area contributed by atoms with Crippen LogP contribution in [0.1, 0.15) is 39.0 Å². The number of ether oxygens (including phenoxy) is 1. The summed E-state index contributed by atoms with van der Waals surface area (Å²) in [6, 6.07) is 0. The first-order chi connectivity index (χ1) is 4.77. The van der Waals surface area contributed by atoms with Gasteiger partial charge < -0.3 is 4.74 Å². The van der Waals surface area contributed by atoms with Crippen molar-refractivity contribution < 1.29 is 4.74 Å². The Balaban J connectivity index is 2.32. The Labute approximate surface area is 66.6 Å². The predicted octanol–water partition coefficient (Wildman–Crippen LogP) is 1.05. The second kappa shape index (κ2) is 3.53. The summed E-state index contributed by atoms with van der Waals surface area (Å²) in [4.78, 5) is 0. The maximum atomic E-state index is 5.73. The fraction of sp³-hybridized carbons (Fsp3) is 1.00. The van der Waals surface area contributed by atoms with Crippen LogP contribution >= 0.6 is 0 Å². The predicted molar refractivity (Wildman–Crippen MR) is 47.4 cm³/mol. The minimum atomic E-state index is 0.264. The molecule has 0 saturated heterocycles. The molecule has 0 unspecified atom stereocenters. The van der Waals surface area contributed by atoms with Crippen LogP contribution in [0.15, 0.2) is 0 Å². The van der Waals surface area contributed by atoms with Gasteiger partial charge in [0.05, 0.1) is 5.60 Å². The molecule has 0 radical (unpaired) electrons.